The molecule has 0 heterocycles. The molecule has 2 aromatic carbocycles. The molecule has 2 aromatic rings. The first-order valence-corrected chi connectivity index (χ1v) is 13.9. The second kappa shape index (κ2) is 16.8. The van der Waals surface area contributed by atoms with E-state index >= 15 is 0 Å². The molecule has 0 unspecified atom stereocenters. The second-order valence-electron chi connectivity index (χ2n) is 8.96. The molecule has 0 spiro atoms. The summed E-state index contributed by atoms with van der Waals surface area (Å²) in [6.07, 6.45) is 2.34. The number of carboxylic acid groups (broad SMARTS) is 1. The van der Waals surface area contributed by atoms with Gasteiger partial charge in [-0.3, -0.25) is 19.2 Å². The molecule has 0 aromatic heterocycles. The van der Waals surface area contributed by atoms with Gasteiger partial charge in [0.05, 0.1) is 19.1 Å². The van der Waals surface area contributed by atoms with E-state index < -0.39 is 60.8 Å². The average molecular weight is 574 g/mol. The first kappa shape index (κ1) is 32.1. The summed E-state index contributed by atoms with van der Waals surface area (Å²) < 4.78 is 0. The van der Waals surface area contributed by atoms with Gasteiger partial charge in [0.25, 0.3) is 0 Å². The topological polar surface area (TPSA) is 200 Å². The van der Waals surface area contributed by atoms with E-state index in [4.69, 9.17) is 5.73 Å². The predicted octanol–water partition coefficient (Wildman–Crippen LogP) is -0.456. The number of aliphatic carboxylic acids is 1. The molecule has 0 radical (unpaired) electrons. The van der Waals surface area contributed by atoms with Gasteiger partial charge in [0.2, 0.25) is 23.6 Å². The van der Waals surface area contributed by atoms with Gasteiger partial charge in [-0.1, -0.05) is 42.5 Å². The number of phenolic OH excluding ortho intramolecular Hbond substituents is 1. The number of amides is 4. The quantitative estimate of drug-likeness (QED) is 0.139. The van der Waals surface area contributed by atoms with Crippen LogP contribution >= 0.6 is 11.8 Å². The van der Waals surface area contributed by atoms with E-state index in [0.29, 0.717) is 5.75 Å². The van der Waals surface area contributed by atoms with E-state index in [-0.39, 0.29) is 25.0 Å². The van der Waals surface area contributed by atoms with Gasteiger partial charge in [-0.15, -0.1) is 0 Å². The van der Waals surface area contributed by atoms with Crippen molar-refractivity contribution < 1.29 is 34.2 Å². The van der Waals surface area contributed by atoms with Gasteiger partial charge in [-0.25, -0.2) is 4.79 Å². The minimum atomic E-state index is -1.18. The van der Waals surface area contributed by atoms with Crippen LogP contribution in [0.3, 0.4) is 0 Å². The Morgan fingerprint density at radius 3 is 2.05 bits per heavy atom. The number of aromatic hydroxyl groups is 1. The zero-order valence-corrected chi connectivity index (χ0v) is 22.9. The summed E-state index contributed by atoms with van der Waals surface area (Å²) in [6, 6.07) is 12.0. The fourth-order valence-corrected chi connectivity index (χ4v) is 4.06. The normalized spacial score (nSPS) is 12.8. The summed E-state index contributed by atoms with van der Waals surface area (Å²) in [5, 5.41) is 28.6. The molecule has 0 saturated carbocycles. The maximum atomic E-state index is 12.9. The minimum Gasteiger partial charge on any atom is -0.508 e. The molecule has 13 heteroatoms. The molecule has 12 nitrogen and oxygen atoms in total. The van der Waals surface area contributed by atoms with Crippen LogP contribution in [0, 0.1) is 0 Å². The van der Waals surface area contributed by atoms with Crippen molar-refractivity contribution in [3.63, 3.8) is 0 Å². The molecule has 216 valence electrons. The lowest BCUT2D eigenvalue weighted by Crippen LogP contribution is -2.54. The van der Waals surface area contributed by atoms with E-state index in [1.54, 1.807) is 42.5 Å². The Labute approximate surface area is 236 Å². The van der Waals surface area contributed by atoms with Crippen molar-refractivity contribution in [1.29, 1.82) is 0 Å². The third kappa shape index (κ3) is 11.7. The number of phenols is 1. The van der Waals surface area contributed by atoms with Crippen LogP contribution in [-0.4, -0.2) is 83.0 Å². The van der Waals surface area contributed by atoms with Crippen molar-refractivity contribution in [2.75, 3.05) is 25.1 Å². The number of carbonyl (C=O) groups excluding carboxylic acids is 4. The van der Waals surface area contributed by atoms with Crippen LogP contribution in [-0.2, 0) is 36.8 Å². The fraction of sp³-hybridized carbons (Fsp3) is 0.370. The largest absolute Gasteiger partial charge is 0.508 e. The molecule has 3 atom stereocenters. The van der Waals surface area contributed by atoms with E-state index in [1.165, 1.54) is 23.9 Å². The predicted molar refractivity (Wildman–Crippen MR) is 150 cm³/mol. The Morgan fingerprint density at radius 2 is 1.43 bits per heavy atom. The zero-order chi connectivity index (χ0) is 29.5. The molecule has 2 rings (SSSR count). The highest BCUT2D eigenvalue weighted by Gasteiger charge is 2.27. The Bertz CT molecular complexity index is 1150. The summed E-state index contributed by atoms with van der Waals surface area (Å²) in [5.41, 5.74) is 7.35. The van der Waals surface area contributed by atoms with Gasteiger partial charge < -0.3 is 37.2 Å². The van der Waals surface area contributed by atoms with Gasteiger partial charge in [0.1, 0.15) is 17.8 Å². The Hall–Kier alpha value is -4.10. The van der Waals surface area contributed by atoms with Gasteiger partial charge in [-0.2, -0.15) is 11.8 Å². The summed E-state index contributed by atoms with van der Waals surface area (Å²) in [5.74, 6) is -3.11. The highest BCUT2D eigenvalue weighted by Crippen LogP contribution is 2.11. The number of benzene rings is 2. The number of carbonyl (C=O) groups is 5. The third-order valence-corrected chi connectivity index (χ3v) is 6.40. The fourth-order valence-electron chi connectivity index (χ4n) is 3.59. The molecule has 4 amide bonds. The number of carboxylic acids is 1. The summed E-state index contributed by atoms with van der Waals surface area (Å²) in [6.45, 7) is -0.888. The lowest BCUT2D eigenvalue weighted by Gasteiger charge is -2.22. The first-order chi connectivity index (χ1) is 19.1. The summed E-state index contributed by atoms with van der Waals surface area (Å²) in [4.78, 5) is 61.5. The first-order valence-electron chi connectivity index (χ1n) is 12.5. The lowest BCUT2D eigenvalue weighted by atomic mass is 10.0. The Morgan fingerprint density at radius 1 is 0.800 bits per heavy atom. The number of hydrogen-bond donors (Lipinski definition) is 7. The zero-order valence-electron chi connectivity index (χ0n) is 22.1. The molecule has 0 aliphatic heterocycles. The number of rotatable bonds is 16. The van der Waals surface area contributed by atoms with Crippen LogP contribution in [0.15, 0.2) is 54.6 Å². The van der Waals surface area contributed by atoms with Gasteiger partial charge in [-0.05, 0) is 48.1 Å². The highest BCUT2D eigenvalue weighted by atomic mass is 32.2. The third-order valence-electron chi connectivity index (χ3n) is 5.76. The molecule has 8 N–H and O–H groups in total. The van der Waals surface area contributed by atoms with Gasteiger partial charge in [0.15, 0.2) is 0 Å². The van der Waals surface area contributed by atoms with Crippen LogP contribution in [0.1, 0.15) is 17.5 Å². The molecule has 40 heavy (non-hydrogen) atoms. The van der Waals surface area contributed by atoms with E-state index in [1.807, 2.05) is 6.26 Å². The summed E-state index contributed by atoms with van der Waals surface area (Å²) in [7, 11) is 0. The number of thioether (sulfide) groups is 1. The maximum absolute atomic E-state index is 12.9. The van der Waals surface area contributed by atoms with E-state index in [9.17, 15) is 34.2 Å². The van der Waals surface area contributed by atoms with Crippen molar-refractivity contribution in [2.45, 2.75) is 37.4 Å². The second-order valence-corrected chi connectivity index (χ2v) is 9.95. The molecule has 0 bridgehead atoms. The average Bonchev–Trinajstić information content (AvgIpc) is 2.93. The van der Waals surface area contributed by atoms with Crippen molar-refractivity contribution in [3.8, 4) is 5.75 Å². The Balaban J connectivity index is 1.88. The number of nitrogens with one attached hydrogen (secondary N) is 4. The smallest absolute Gasteiger partial charge is 0.326 e. The molecular formula is C27H35N5O7S. The number of nitrogens with two attached hydrogens (primary N) is 1. The van der Waals surface area contributed by atoms with Crippen LogP contribution in [0.25, 0.3) is 0 Å². The van der Waals surface area contributed by atoms with Crippen molar-refractivity contribution in [2.24, 2.45) is 5.73 Å². The lowest BCUT2D eigenvalue weighted by molar-refractivity contribution is -0.142. The van der Waals surface area contributed by atoms with Crippen molar-refractivity contribution >= 4 is 41.4 Å². The van der Waals surface area contributed by atoms with Crippen LogP contribution in [0.2, 0.25) is 0 Å². The summed E-state index contributed by atoms with van der Waals surface area (Å²) >= 11 is 1.45. The van der Waals surface area contributed by atoms with Gasteiger partial charge >= 0.3 is 5.97 Å². The molecule has 0 aliphatic rings. The molecule has 0 aliphatic carbocycles. The van der Waals surface area contributed by atoms with Crippen LogP contribution < -0.4 is 27.0 Å². The number of hydrogen-bond acceptors (Lipinski definition) is 8. The molecular weight excluding hydrogens is 538 g/mol. The Kier molecular flexibility index (Phi) is 13.5. The minimum absolute atomic E-state index is 0.0881. The van der Waals surface area contributed by atoms with E-state index in [2.05, 4.69) is 21.3 Å². The monoisotopic (exact) mass is 573 g/mol. The van der Waals surface area contributed by atoms with Crippen molar-refractivity contribution in [1.82, 2.24) is 21.3 Å². The van der Waals surface area contributed by atoms with Crippen LogP contribution in [0.5, 0.6) is 5.75 Å². The molecule has 0 saturated heterocycles. The van der Waals surface area contributed by atoms with Gasteiger partial charge in [0, 0.05) is 6.42 Å². The molecule has 0 fully saturated rings. The van der Waals surface area contributed by atoms with Crippen LogP contribution in [0.4, 0.5) is 0 Å². The standard InChI is InChI=1S/C27H35N5O7S/c1-40-12-11-21(27(38)39)32-26(37)22(14-17-5-3-2-4-6-17)31-24(35)16-29-23(34)15-30-25(36)20(28)13-18-7-9-19(33)10-8-18/h2-10,20-22,33H,11-16,28H2,1H3,(H,29,34)(H,30,36)(H,31,35)(H,32,37)(H,38,39)/t20-,21+,22-/m1/s1. The van der Waals surface area contributed by atoms with Crippen molar-refractivity contribution in [3.05, 3.63) is 65.7 Å². The highest BCUT2D eigenvalue weighted by molar-refractivity contribution is 7.98. The van der Waals surface area contributed by atoms with E-state index in [0.717, 1.165) is 11.1 Å². The maximum Gasteiger partial charge on any atom is 0.326 e. The SMILES string of the molecule is CSCC[C@H](NC(=O)[C@@H](Cc1ccccc1)NC(=O)CNC(=O)CNC(=O)[C@H](N)Cc1ccc(O)cc1)C(=O)O.